The molecule has 2 heterocycles. The van der Waals surface area contributed by atoms with Crippen molar-refractivity contribution >= 4 is 23.2 Å². The molecule has 2 aromatic heterocycles. The van der Waals surface area contributed by atoms with Crippen LogP contribution in [-0.4, -0.2) is 20.7 Å². The summed E-state index contributed by atoms with van der Waals surface area (Å²) in [5.41, 5.74) is 0.784. The summed E-state index contributed by atoms with van der Waals surface area (Å²) < 4.78 is 14.3. The third-order valence-corrected chi connectivity index (χ3v) is 2.21. The van der Waals surface area contributed by atoms with Crippen LogP contribution in [0.4, 0.5) is 10.1 Å². The Kier molecular flexibility index (Phi) is 3.06. The Labute approximate surface area is 101 Å². The number of carbonyl (C=O) groups is 1. The van der Waals surface area contributed by atoms with E-state index in [1.54, 1.807) is 0 Å². The number of nitrogens with one attached hydrogen (secondary N) is 1. The van der Waals surface area contributed by atoms with Gasteiger partial charge in [-0.05, 0) is 0 Å². The SMILES string of the molecule is CC(=O)Nc1cn(-c2cncc(F)c2)nc1Cl. The molecule has 0 bridgehead atoms. The molecule has 0 aliphatic carbocycles. The van der Waals surface area contributed by atoms with Gasteiger partial charge in [0.15, 0.2) is 5.15 Å². The van der Waals surface area contributed by atoms with E-state index in [2.05, 4.69) is 15.4 Å². The van der Waals surface area contributed by atoms with Crippen molar-refractivity contribution < 1.29 is 9.18 Å². The normalized spacial score (nSPS) is 10.3. The fraction of sp³-hybridized carbons (Fsp3) is 0.100. The largest absolute Gasteiger partial charge is 0.322 e. The number of halogens is 2. The Balaban J connectivity index is 2.37. The van der Waals surface area contributed by atoms with Crippen LogP contribution in [0.25, 0.3) is 5.69 Å². The Morgan fingerprint density at radius 3 is 2.94 bits per heavy atom. The number of rotatable bonds is 2. The van der Waals surface area contributed by atoms with Gasteiger partial charge in [0.2, 0.25) is 5.91 Å². The number of hydrogen-bond donors (Lipinski definition) is 1. The zero-order valence-corrected chi connectivity index (χ0v) is 9.57. The summed E-state index contributed by atoms with van der Waals surface area (Å²) >= 11 is 5.82. The number of aromatic nitrogens is 3. The molecular formula is C10H8ClFN4O. The van der Waals surface area contributed by atoms with Crippen LogP contribution in [-0.2, 0) is 4.79 Å². The molecule has 1 N–H and O–H groups in total. The van der Waals surface area contributed by atoms with E-state index in [1.165, 1.54) is 30.1 Å². The van der Waals surface area contributed by atoms with E-state index in [1.807, 2.05) is 0 Å². The topological polar surface area (TPSA) is 59.8 Å². The Morgan fingerprint density at radius 1 is 1.53 bits per heavy atom. The van der Waals surface area contributed by atoms with Crippen molar-refractivity contribution in [3.05, 3.63) is 35.6 Å². The molecule has 0 spiro atoms. The molecule has 0 unspecified atom stereocenters. The lowest BCUT2D eigenvalue weighted by Gasteiger charge is -1.99. The van der Waals surface area contributed by atoms with Crippen LogP contribution in [0.5, 0.6) is 0 Å². The maximum absolute atomic E-state index is 13.0. The second-order valence-electron chi connectivity index (χ2n) is 3.32. The third-order valence-electron chi connectivity index (χ3n) is 1.93. The van der Waals surface area contributed by atoms with E-state index in [-0.39, 0.29) is 11.1 Å². The molecule has 1 amide bonds. The van der Waals surface area contributed by atoms with E-state index < -0.39 is 5.82 Å². The lowest BCUT2D eigenvalue weighted by atomic mass is 10.4. The number of amides is 1. The first-order chi connectivity index (χ1) is 8.06. The predicted octanol–water partition coefficient (Wildman–Crippen LogP) is 2.02. The highest BCUT2D eigenvalue weighted by Gasteiger charge is 2.09. The second kappa shape index (κ2) is 4.50. The van der Waals surface area contributed by atoms with Gasteiger partial charge in [0.25, 0.3) is 0 Å². The number of anilines is 1. The summed E-state index contributed by atoms with van der Waals surface area (Å²) in [7, 11) is 0. The molecule has 0 radical (unpaired) electrons. The third kappa shape index (κ3) is 2.59. The van der Waals surface area contributed by atoms with Crippen LogP contribution in [0, 0.1) is 5.82 Å². The molecule has 88 valence electrons. The molecule has 0 fully saturated rings. The zero-order valence-electron chi connectivity index (χ0n) is 8.82. The summed E-state index contributed by atoms with van der Waals surface area (Å²) in [4.78, 5) is 14.6. The fourth-order valence-corrected chi connectivity index (χ4v) is 1.46. The fourth-order valence-electron chi connectivity index (χ4n) is 1.28. The smallest absolute Gasteiger partial charge is 0.221 e. The van der Waals surface area contributed by atoms with Gasteiger partial charge in [0, 0.05) is 13.0 Å². The summed E-state index contributed by atoms with van der Waals surface area (Å²) in [5, 5.41) is 6.57. The number of pyridine rings is 1. The van der Waals surface area contributed by atoms with Crippen LogP contribution in [0.2, 0.25) is 5.15 Å². The molecule has 0 aromatic carbocycles. The second-order valence-corrected chi connectivity index (χ2v) is 3.68. The maximum Gasteiger partial charge on any atom is 0.221 e. The average Bonchev–Trinajstić information content (AvgIpc) is 2.59. The molecule has 7 heteroatoms. The molecule has 5 nitrogen and oxygen atoms in total. The van der Waals surface area contributed by atoms with Crippen molar-refractivity contribution in [1.29, 1.82) is 0 Å². The van der Waals surface area contributed by atoms with Gasteiger partial charge in [-0.1, -0.05) is 11.6 Å². The first kappa shape index (κ1) is 11.5. The first-order valence-electron chi connectivity index (χ1n) is 4.70. The molecule has 0 atom stereocenters. The molecule has 0 saturated carbocycles. The Bertz CT molecular complexity index is 569. The Morgan fingerprint density at radius 2 is 2.29 bits per heavy atom. The van der Waals surface area contributed by atoms with Crippen molar-refractivity contribution in [3.8, 4) is 5.69 Å². The number of carbonyl (C=O) groups excluding carboxylic acids is 1. The highest BCUT2D eigenvalue weighted by Crippen LogP contribution is 2.21. The number of nitrogens with zero attached hydrogens (tertiary/aromatic N) is 3. The molecule has 0 aliphatic heterocycles. The van der Waals surface area contributed by atoms with E-state index in [0.29, 0.717) is 11.4 Å². The number of hydrogen-bond acceptors (Lipinski definition) is 3. The predicted molar refractivity (Wildman–Crippen MR) is 60.6 cm³/mol. The molecule has 0 aliphatic rings. The van der Waals surface area contributed by atoms with Crippen molar-refractivity contribution in [1.82, 2.24) is 14.8 Å². The first-order valence-corrected chi connectivity index (χ1v) is 5.08. The van der Waals surface area contributed by atoms with Gasteiger partial charge in [-0.15, -0.1) is 0 Å². The van der Waals surface area contributed by atoms with Gasteiger partial charge in [-0.3, -0.25) is 9.78 Å². The summed E-state index contributed by atoms with van der Waals surface area (Å²) in [6.07, 6.45) is 4.01. The van der Waals surface area contributed by atoms with Crippen LogP contribution >= 0.6 is 11.6 Å². The van der Waals surface area contributed by atoms with Gasteiger partial charge in [0.1, 0.15) is 5.82 Å². The van der Waals surface area contributed by atoms with Gasteiger partial charge in [0.05, 0.1) is 30.0 Å². The standard InChI is InChI=1S/C10H8ClFN4O/c1-6(17)14-9-5-16(15-10(9)11)8-2-7(12)3-13-4-8/h2-5H,1H3,(H,14,17). The van der Waals surface area contributed by atoms with Crippen LogP contribution in [0.3, 0.4) is 0 Å². The lowest BCUT2D eigenvalue weighted by molar-refractivity contribution is -0.114. The molecule has 0 saturated heterocycles. The highest BCUT2D eigenvalue weighted by molar-refractivity contribution is 6.32. The monoisotopic (exact) mass is 254 g/mol. The van der Waals surface area contributed by atoms with Crippen LogP contribution in [0.1, 0.15) is 6.92 Å². The van der Waals surface area contributed by atoms with Gasteiger partial charge in [-0.25, -0.2) is 9.07 Å². The van der Waals surface area contributed by atoms with Gasteiger partial charge >= 0.3 is 0 Å². The minimum Gasteiger partial charge on any atom is -0.322 e. The Hall–Kier alpha value is -1.95. The molecule has 17 heavy (non-hydrogen) atoms. The summed E-state index contributed by atoms with van der Waals surface area (Å²) in [6.45, 7) is 1.36. The molecular weight excluding hydrogens is 247 g/mol. The van der Waals surface area contributed by atoms with Crippen LogP contribution < -0.4 is 5.32 Å². The lowest BCUT2D eigenvalue weighted by Crippen LogP contribution is -2.05. The van der Waals surface area contributed by atoms with Gasteiger partial charge in [-0.2, -0.15) is 5.10 Å². The van der Waals surface area contributed by atoms with E-state index in [9.17, 15) is 9.18 Å². The van der Waals surface area contributed by atoms with E-state index in [4.69, 9.17) is 11.6 Å². The molecule has 2 aromatic rings. The highest BCUT2D eigenvalue weighted by atomic mass is 35.5. The average molecular weight is 255 g/mol. The van der Waals surface area contributed by atoms with Crippen molar-refractivity contribution in [2.24, 2.45) is 0 Å². The van der Waals surface area contributed by atoms with E-state index >= 15 is 0 Å². The minimum absolute atomic E-state index is 0.129. The minimum atomic E-state index is -0.477. The van der Waals surface area contributed by atoms with Crippen LogP contribution in [0.15, 0.2) is 24.7 Å². The summed E-state index contributed by atoms with van der Waals surface area (Å²) in [5.74, 6) is -0.737. The van der Waals surface area contributed by atoms with E-state index in [0.717, 1.165) is 6.20 Å². The van der Waals surface area contributed by atoms with Crippen molar-refractivity contribution in [3.63, 3.8) is 0 Å². The van der Waals surface area contributed by atoms with Crippen molar-refractivity contribution in [2.75, 3.05) is 5.32 Å². The maximum atomic E-state index is 13.0. The molecule has 2 rings (SSSR count). The van der Waals surface area contributed by atoms with Crippen molar-refractivity contribution in [2.45, 2.75) is 6.92 Å². The quantitative estimate of drug-likeness (QED) is 0.892. The zero-order chi connectivity index (χ0) is 12.4. The van der Waals surface area contributed by atoms with Gasteiger partial charge < -0.3 is 5.32 Å². The summed E-state index contributed by atoms with van der Waals surface area (Å²) in [6, 6.07) is 1.26.